The predicted molar refractivity (Wildman–Crippen MR) is 130 cm³/mol. The molecule has 0 saturated heterocycles. The van der Waals surface area contributed by atoms with Gasteiger partial charge in [0.25, 0.3) is 0 Å². The van der Waals surface area contributed by atoms with E-state index < -0.39 is 0 Å². The van der Waals surface area contributed by atoms with Crippen LogP contribution in [0.4, 0.5) is 11.8 Å². The molecule has 0 amide bonds. The molecule has 2 aromatic carbocycles. The summed E-state index contributed by atoms with van der Waals surface area (Å²) in [6, 6.07) is 14.9. The van der Waals surface area contributed by atoms with Crippen molar-refractivity contribution in [3.05, 3.63) is 48.0 Å². The van der Waals surface area contributed by atoms with Gasteiger partial charge in [0, 0.05) is 43.7 Å². The lowest BCUT2D eigenvalue weighted by Gasteiger charge is -2.30. The zero-order valence-corrected chi connectivity index (χ0v) is 19.4. The number of benzene rings is 2. The Morgan fingerprint density at radius 2 is 1.53 bits per heavy atom. The first-order valence-corrected chi connectivity index (χ1v) is 11.2. The average molecular weight is 436 g/mol. The molecule has 7 nitrogen and oxygen atoms in total. The van der Waals surface area contributed by atoms with Gasteiger partial charge in [0.05, 0.1) is 19.7 Å². The summed E-state index contributed by atoms with van der Waals surface area (Å²) in [5.74, 6) is 3.37. The average Bonchev–Trinajstić information content (AvgIpc) is 2.82. The van der Waals surface area contributed by atoms with Crippen molar-refractivity contribution in [3.63, 3.8) is 0 Å². The number of hydrogen-bond acceptors (Lipinski definition) is 7. The van der Waals surface area contributed by atoms with Crippen LogP contribution in [0.15, 0.2) is 42.5 Å². The highest BCUT2D eigenvalue weighted by atomic mass is 16.5. The number of aromatic nitrogens is 2. The molecule has 0 atom stereocenters. The van der Waals surface area contributed by atoms with Gasteiger partial charge < -0.3 is 25.0 Å². The third-order valence-corrected chi connectivity index (χ3v) is 6.16. The number of hydrogen-bond donors (Lipinski definition) is 2. The molecule has 1 heterocycles. The Kier molecular flexibility index (Phi) is 6.95. The number of methoxy groups -OCH3 is 2. The third-order valence-electron chi connectivity index (χ3n) is 6.16. The van der Waals surface area contributed by atoms with Crippen LogP contribution in [-0.2, 0) is 6.54 Å². The van der Waals surface area contributed by atoms with Crippen molar-refractivity contribution in [1.82, 2.24) is 15.3 Å². The van der Waals surface area contributed by atoms with Crippen molar-refractivity contribution < 1.29 is 9.47 Å². The smallest absolute Gasteiger partial charge is 0.225 e. The topological polar surface area (TPSA) is 71.5 Å². The zero-order valence-electron chi connectivity index (χ0n) is 19.4. The van der Waals surface area contributed by atoms with E-state index in [1.807, 2.05) is 55.4 Å². The molecular weight excluding hydrogens is 402 g/mol. The molecule has 7 heteroatoms. The van der Waals surface area contributed by atoms with Gasteiger partial charge in [-0.3, -0.25) is 0 Å². The number of nitrogens with one attached hydrogen (secondary N) is 2. The van der Waals surface area contributed by atoms with E-state index in [1.54, 1.807) is 14.2 Å². The van der Waals surface area contributed by atoms with Crippen molar-refractivity contribution in [2.75, 3.05) is 38.5 Å². The number of ether oxygens (including phenoxy) is 2. The van der Waals surface area contributed by atoms with Crippen LogP contribution >= 0.6 is 0 Å². The normalized spacial score (nSPS) is 18.4. The molecule has 1 aromatic heterocycles. The number of anilines is 2. The van der Waals surface area contributed by atoms with Gasteiger partial charge in [0.2, 0.25) is 5.95 Å². The molecule has 0 unspecified atom stereocenters. The summed E-state index contributed by atoms with van der Waals surface area (Å²) in [4.78, 5) is 11.6. The summed E-state index contributed by atoms with van der Waals surface area (Å²) in [5.41, 5.74) is 2.04. The van der Waals surface area contributed by atoms with Gasteiger partial charge in [-0.25, -0.2) is 4.98 Å². The van der Waals surface area contributed by atoms with E-state index >= 15 is 0 Å². The van der Waals surface area contributed by atoms with E-state index in [4.69, 9.17) is 19.4 Å². The number of rotatable bonds is 8. The first kappa shape index (κ1) is 22.1. The third kappa shape index (κ3) is 4.88. The molecule has 1 aliphatic carbocycles. The molecule has 1 saturated carbocycles. The summed E-state index contributed by atoms with van der Waals surface area (Å²) >= 11 is 0. The largest absolute Gasteiger partial charge is 0.496 e. The molecule has 1 fully saturated rings. The molecule has 0 aliphatic heterocycles. The van der Waals surface area contributed by atoms with Crippen LogP contribution in [0.5, 0.6) is 11.5 Å². The van der Waals surface area contributed by atoms with Gasteiger partial charge in [-0.1, -0.05) is 18.2 Å². The second kappa shape index (κ2) is 10.0. The van der Waals surface area contributed by atoms with E-state index in [9.17, 15) is 0 Å². The summed E-state index contributed by atoms with van der Waals surface area (Å²) in [6.07, 6.45) is 4.36. The Morgan fingerprint density at radius 3 is 2.19 bits per heavy atom. The minimum absolute atomic E-state index is 0.380. The number of para-hydroxylation sites is 1. The monoisotopic (exact) mass is 435 g/mol. The second-order valence-corrected chi connectivity index (χ2v) is 8.50. The summed E-state index contributed by atoms with van der Waals surface area (Å²) in [7, 11) is 7.44. The zero-order chi connectivity index (χ0) is 22.5. The lowest BCUT2D eigenvalue weighted by molar-refractivity contribution is 0.341. The van der Waals surface area contributed by atoms with Crippen LogP contribution in [0.2, 0.25) is 0 Å². The molecule has 32 heavy (non-hydrogen) atoms. The molecule has 2 N–H and O–H groups in total. The van der Waals surface area contributed by atoms with Crippen molar-refractivity contribution >= 4 is 22.7 Å². The molecule has 170 valence electrons. The first-order chi connectivity index (χ1) is 15.6. The molecule has 0 spiro atoms. The van der Waals surface area contributed by atoms with Gasteiger partial charge in [-0.2, -0.15) is 4.98 Å². The highest BCUT2D eigenvalue weighted by molar-refractivity contribution is 5.90. The van der Waals surface area contributed by atoms with E-state index in [-0.39, 0.29) is 0 Å². The molecule has 1 aliphatic rings. The predicted octanol–water partition coefficient (Wildman–Crippen LogP) is 4.23. The molecule has 3 aromatic rings. The minimum atomic E-state index is 0.380. The highest BCUT2D eigenvalue weighted by Crippen LogP contribution is 2.30. The van der Waals surface area contributed by atoms with Crippen LogP contribution in [-0.4, -0.2) is 50.4 Å². The van der Waals surface area contributed by atoms with Crippen LogP contribution in [0, 0.1) is 0 Å². The number of fused-ring (bicyclic) bond motifs is 1. The van der Waals surface area contributed by atoms with Crippen molar-refractivity contribution in [1.29, 1.82) is 0 Å². The van der Waals surface area contributed by atoms with Gasteiger partial charge in [-0.15, -0.1) is 0 Å². The lowest BCUT2D eigenvalue weighted by atomic mass is 9.91. The first-order valence-electron chi connectivity index (χ1n) is 11.2. The molecular formula is C25H33N5O2. The fourth-order valence-corrected chi connectivity index (χ4v) is 4.44. The Bertz CT molecular complexity index is 1030. The fourth-order valence-electron chi connectivity index (χ4n) is 4.44. The maximum Gasteiger partial charge on any atom is 0.225 e. The van der Waals surface area contributed by atoms with Crippen molar-refractivity contribution in [2.45, 2.75) is 44.3 Å². The maximum absolute atomic E-state index is 5.52. The standard InChI is InChI=1S/C25H33N5O2/c1-30(2)24-19-8-5-6-9-21(19)28-25(29-24)27-18-14-12-17(13-15-18)26-16-20-22(31-3)10-7-11-23(20)32-4/h5-11,17-18,26H,12-16H2,1-4H3,(H,27,28,29)/t17-,18+. The second-order valence-electron chi connectivity index (χ2n) is 8.50. The lowest BCUT2D eigenvalue weighted by Crippen LogP contribution is -2.37. The van der Waals surface area contributed by atoms with Crippen molar-refractivity contribution in [3.8, 4) is 11.5 Å². The van der Waals surface area contributed by atoms with E-state index in [2.05, 4.69) is 16.7 Å². The Hall–Kier alpha value is -3.06. The molecule has 4 rings (SSSR count). The summed E-state index contributed by atoms with van der Waals surface area (Å²) in [5, 5.41) is 8.35. The van der Waals surface area contributed by atoms with E-state index in [0.29, 0.717) is 18.0 Å². The maximum atomic E-state index is 5.52. The van der Waals surface area contributed by atoms with E-state index in [1.165, 1.54) is 0 Å². The van der Waals surface area contributed by atoms with Gasteiger partial charge in [0.15, 0.2) is 0 Å². The van der Waals surface area contributed by atoms with Crippen LogP contribution in [0.1, 0.15) is 31.2 Å². The Labute approximate surface area is 190 Å². The minimum Gasteiger partial charge on any atom is -0.496 e. The summed E-state index contributed by atoms with van der Waals surface area (Å²) < 4.78 is 11.0. The van der Waals surface area contributed by atoms with E-state index in [0.717, 1.165) is 66.0 Å². The van der Waals surface area contributed by atoms with Crippen molar-refractivity contribution in [2.24, 2.45) is 0 Å². The quantitative estimate of drug-likeness (QED) is 0.549. The van der Waals surface area contributed by atoms with Gasteiger partial charge in [-0.05, 0) is 49.9 Å². The van der Waals surface area contributed by atoms with Gasteiger partial charge in [0.1, 0.15) is 17.3 Å². The molecule has 0 radical (unpaired) electrons. The Balaban J connectivity index is 1.36. The molecule has 0 bridgehead atoms. The fraction of sp³-hybridized carbons (Fsp3) is 0.440. The van der Waals surface area contributed by atoms with Crippen LogP contribution in [0.25, 0.3) is 10.9 Å². The Morgan fingerprint density at radius 1 is 0.875 bits per heavy atom. The van der Waals surface area contributed by atoms with Crippen LogP contribution < -0.4 is 25.0 Å². The van der Waals surface area contributed by atoms with Crippen LogP contribution in [0.3, 0.4) is 0 Å². The van der Waals surface area contributed by atoms with Gasteiger partial charge >= 0.3 is 0 Å². The number of nitrogens with zero attached hydrogens (tertiary/aromatic N) is 3. The SMILES string of the molecule is COc1cccc(OC)c1CN[C@H]1CC[C@@H](Nc2nc(N(C)C)c3ccccc3n2)CC1. The highest BCUT2D eigenvalue weighted by Gasteiger charge is 2.23. The summed E-state index contributed by atoms with van der Waals surface area (Å²) in [6.45, 7) is 0.732.